The van der Waals surface area contributed by atoms with Gasteiger partial charge in [0, 0.05) is 200 Å². The molecule has 1 atom stereocenters. The first-order valence-electron chi connectivity index (χ1n) is 49.1. The van der Waals surface area contributed by atoms with Crippen LogP contribution in [-0.4, -0.2) is 235 Å². The van der Waals surface area contributed by atoms with Crippen LogP contribution in [0.2, 0.25) is 0 Å². The topological polar surface area (TPSA) is 458 Å². The van der Waals surface area contributed by atoms with Crippen LogP contribution < -0.4 is 78.9 Å². The number of nitrogens with one attached hydrogen (secondary N) is 13. The zero-order chi connectivity index (χ0) is 97.9. The average molecular weight is 1920 g/mol. The lowest BCUT2D eigenvalue weighted by Gasteiger charge is -2.32. The van der Waals surface area contributed by atoms with Gasteiger partial charge in [-0.15, -0.1) is 0 Å². The second-order valence-corrected chi connectivity index (χ2v) is 39.7. The van der Waals surface area contributed by atoms with E-state index in [4.69, 9.17) is 34.4 Å². The van der Waals surface area contributed by atoms with Crippen LogP contribution in [0.3, 0.4) is 0 Å². The van der Waals surface area contributed by atoms with Gasteiger partial charge in [-0.25, -0.2) is 29.3 Å². The Balaban J connectivity index is 0.000000112. The normalized spacial score (nSPS) is 21.1. The van der Waals surface area contributed by atoms with Gasteiger partial charge in [-0.3, -0.25) is 24.0 Å². The molecular formula is C101H125FN30O9. The molecule has 7 saturated heterocycles. The number of nitrogens with zero attached hydrogens (tertiary/aromatic N) is 17. The number of hydrogen-bond donors (Lipinski definition) is 15. The van der Waals surface area contributed by atoms with E-state index < -0.39 is 6.17 Å². The fraction of sp³-hybridized carbons (Fsp3) is 0.455. The van der Waals surface area contributed by atoms with Crippen molar-refractivity contribution in [2.75, 3.05) is 132 Å². The molecule has 10 aromatic heterocycles. The first kappa shape index (κ1) is 95.5. The van der Waals surface area contributed by atoms with E-state index >= 15 is 0 Å². The lowest BCUT2D eigenvalue weighted by Crippen LogP contribution is -2.37. The van der Waals surface area contributed by atoms with Crippen LogP contribution in [0.1, 0.15) is 189 Å². The quantitative estimate of drug-likeness (QED) is 0.0179. The van der Waals surface area contributed by atoms with E-state index in [-0.39, 0.29) is 53.6 Å². The smallest absolute Gasteiger partial charge is 0.228 e. The standard InChI is InChI=1S/C22H28N6O2.C21H26N6O2.C20H26N6O2.C19H21FN6O.C19H24N6O2/c1-14-15(9-20(30)25-14)8-16-11-24-28-19(26-17-4-5-17)10-18(27-21(16)28)23-12-22(13-29)6-2-3-7-22;1-13-14(10-20(28)23-13)9-15-12-22-27-19(24-16-3-4-16)11-18(25-21(15)27)26(2)17-5-7-29-8-6-17;1-12-13(7-18(28)23-12)6-14-9-22-26-17(24-15-4-5-15)8-16(25-19(14)26)21-10-20(2,3)11-27;1-11-12(7-18(27)22-11)6-13-9-21-26-17(23-15-2-3-15)8-16(24-19(13)26)25-5-4-14(20)10-25;1-12-13(9-18(26)22-12)8-14-11-21-25-17(23-15-4-5-15)10-16(24-19(14)25)20-6-3-7-27-2/h8,10-11,17,26,29H,1-7,9,12-13H2,(H,23,27)(H,25,30);9,11-12,16-17,24H,1,3-8,10H2,2H3,(H,23,28);6,8-9,15,24,27H,1,4-5,7,10-11H2,2-3H3,(H,21,25)(H,23,28);6,8-9,14-15,23H,1-5,7,10H2,(H,22,27);8,10-11,15,23H,1,3-7,9H2,2H3,(H,20,24)(H,22,26)/b15-8+;14-9+;13-6+;12-6+;13-8+/t;;;14-;/m...0./s1. The van der Waals surface area contributed by atoms with Crippen LogP contribution in [-0.2, 0) is 33.4 Å². The maximum absolute atomic E-state index is 13.7. The lowest BCUT2D eigenvalue weighted by molar-refractivity contribution is -0.119. The van der Waals surface area contributed by atoms with Crippen LogP contribution in [0.25, 0.3) is 58.6 Å². The molecule has 13 fully saturated rings. The number of hydrogen-bond acceptors (Lipinski definition) is 29. The average Bonchev–Trinajstić information content (AvgIpc) is 1.64. The molecule has 40 heteroatoms. The van der Waals surface area contributed by atoms with Crippen molar-refractivity contribution in [3.63, 3.8) is 0 Å². The molecule has 0 unspecified atom stereocenters. The molecule has 6 aliphatic carbocycles. The number of aliphatic hydroxyl groups excluding tert-OH is 2. The summed E-state index contributed by atoms with van der Waals surface area (Å²) >= 11 is 0. The molecule has 0 spiro atoms. The molecule has 7 aliphatic heterocycles. The highest BCUT2D eigenvalue weighted by Crippen LogP contribution is 2.41. The third-order valence-corrected chi connectivity index (χ3v) is 27.1. The van der Waals surface area contributed by atoms with Crippen LogP contribution >= 0.6 is 0 Å². The van der Waals surface area contributed by atoms with Gasteiger partial charge in [-0.2, -0.15) is 48.1 Å². The summed E-state index contributed by atoms with van der Waals surface area (Å²) in [4.78, 5) is 86.4. The molecule has 13 aliphatic rings. The first-order chi connectivity index (χ1) is 68.2. The van der Waals surface area contributed by atoms with Gasteiger partial charge in [0.1, 0.15) is 64.4 Å². The number of rotatable bonds is 31. The summed E-state index contributed by atoms with van der Waals surface area (Å²) in [6.45, 7) is 29.2. The highest BCUT2D eigenvalue weighted by molar-refractivity contribution is 5.94. The Kier molecular flexibility index (Phi) is 27.9. The third kappa shape index (κ3) is 23.2. The Hall–Kier alpha value is -14.4. The Morgan fingerprint density at radius 2 is 0.830 bits per heavy atom. The van der Waals surface area contributed by atoms with E-state index in [2.05, 4.69) is 146 Å². The molecule has 0 aromatic carbocycles. The number of carbonyl (C=O) groups excluding carboxylic acids is 5. The summed E-state index contributed by atoms with van der Waals surface area (Å²) in [5, 5.41) is 83.5. The highest BCUT2D eigenvalue weighted by atomic mass is 19.1. The zero-order valence-electron chi connectivity index (χ0n) is 80.3. The van der Waals surface area contributed by atoms with E-state index in [0.29, 0.717) is 147 Å². The van der Waals surface area contributed by atoms with Crippen molar-refractivity contribution in [1.29, 1.82) is 0 Å². The highest BCUT2D eigenvalue weighted by Gasteiger charge is 2.37. The Bertz CT molecular complexity index is 6730. The number of alkyl halides is 1. The molecule has 23 rings (SSSR count). The van der Waals surface area contributed by atoms with Crippen LogP contribution in [0.15, 0.2) is 151 Å². The van der Waals surface area contributed by atoms with E-state index in [0.717, 1.165) is 221 Å². The first-order valence-corrected chi connectivity index (χ1v) is 49.1. The predicted octanol–water partition coefficient (Wildman–Crippen LogP) is 11.6. The van der Waals surface area contributed by atoms with Gasteiger partial charge in [0.15, 0.2) is 28.2 Å². The fourth-order valence-corrected chi connectivity index (χ4v) is 18.0. The summed E-state index contributed by atoms with van der Waals surface area (Å²) in [6, 6.07) is 12.8. The van der Waals surface area contributed by atoms with Gasteiger partial charge in [0.25, 0.3) is 0 Å². The largest absolute Gasteiger partial charge is 0.396 e. The second kappa shape index (κ2) is 41.2. The zero-order valence-corrected chi connectivity index (χ0v) is 80.3. The molecule has 39 nitrogen and oxygen atoms in total. The third-order valence-electron chi connectivity index (χ3n) is 27.1. The van der Waals surface area contributed by atoms with Crippen molar-refractivity contribution in [2.45, 2.75) is 204 Å². The van der Waals surface area contributed by atoms with Crippen molar-refractivity contribution in [2.24, 2.45) is 10.8 Å². The van der Waals surface area contributed by atoms with Crippen LogP contribution in [0.4, 0.5) is 62.6 Å². The monoisotopic (exact) mass is 1920 g/mol. The Morgan fingerprint density at radius 1 is 0.482 bits per heavy atom. The number of methoxy groups -OCH3 is 1. The van der Waals surface area contributed by atoms with Gasteiger partial charge < -0.3 is 98.6 Å². The fourth-order valence-electron chi connectivity index (χ4n) is 18.0. The van der Waals surface area contributed by atoms with E-state index in [1.807, 2.05) is 93.1 Å². The minimum absolute atomic E-state index is 0.0262. The van der Waals surface area contributed by atoms with Crippen molar-refractivity contribution in [1.82, 2.24) is 99.6 Å². The van der Waals surface area contributed by atoms with Crippen LogP contribution in [0.5, 0.6) is 0 Å². The SMILES string of the molecule is C=C1NC(=O)C/C1=C\c1cnn2c(NC3CC3)cc(N(C)C3CCOCC3)nc12.C=C1NC(=O)C/C1=C\c1cnn2c(NC3CC3)cc(N3CC[C@H](F)C3)nc12.C=C1NC(=O)C/C1=C\c1cnn2c(NC3CC3)cc(NCC(C)(C)CO)nc12.C=C1NC(=O)C/C1=C\c1cnn2c(NC3CC3)cc(NCC3(CO)CCCC3)nc12.C=C1NC(=O)C/C1=C\c1cnn2c(NC3CC3)cc(NCCCOC)nc12. The number of aromatic nitrogens is 15. The molecule has 740 valence electrons. The number of amides is 5. The van der Waals surface area contributed by atoms with E-state index in [9.17, 15) is 38.6 Å². The van der Waals surface area contributed by atoms with Crippen molar-refractivity contribution in [3.05, 3.63) is 178 Å². The summed E-state index contributed by atoms with van der Waals surface area (Å²) in [5.41, 5.74) is 15.1. The number of aliphatic hydroxyl groups is 2. The molecule has 15 N–H and O–H groups in total. The van der Waals surface area contributed by atoms with Crippen molar-refractivity contribution in [3.8, 4) is 0 Å². The van der Waals surface area contributed by atoms with Gasteiger partial charge in [0.2, 0.25) is 29.5 Å². The molecule has 141 heavy (non-hydrogen) atoms. The predicted molar refractivity (Wildman–Crippen MR) is 542 cm³/mol. The molecule has 6 saturated carbocycles. The number of ether oxygens (including phenoxy) is 2. The van der Waals surface area contributed by atoms with Gasteiger partial charge >= 0.3 is 0 Å². The number of anilines is 10. The number of allylic oxidation sites excluding steroid dienone is 5. The Morgan fingerprint density at radius 3 is 1.16 bits per heavy atom. The maximum Gasteiger partial charge on any atom is 0.228 e. The summed E-state index contributed by atoms with van der Waals surface area (Å²) in [6.07, 6.45) is 38.8. The molecule has 10 aromatic rings. The van der Waals surface area contributed by atoms with E-state index in [1.165, 1.54) is 38.5 Å². The second-order valence-electron chi connectivity index (χ2n) is 39.7. The van der Waals surface area contributed by atoms with E-state index in [1.54, 1.807) is 40.9 Å². The minimum Gasteiger partial charge on any atom is -0.396 e. The number of halogens is 1. The number of fused-ring (bicyclic) bond motifs is 5. The molecular weight excluding hydrogens is 1800 g/mol. The molecule has 5 amide bonds. The maximum atomic E-state index is 13.7. The molecule has 17 heterocycles. The molecule has 0 bridgehead atoms. The van der Waals surface area contributed by atoms with Crippen molar-refractivity contribution < 1.29 is 48.0 Å². The van der Waals surface area contributed by atoms with Crippen molar-refractivity contribution >= 4 is 146 Å². The summed E-state index contributed by atoms with van der Waals surface area (Å²) < 4.78 is 33.4. The van der Waals surface area contributed by atoms with Crippen LogP contribution in [0, 0.1) is 10.8 Å². The number of carbonyl (C=O) groups is 5. The van der Waals surface area contributed by atoms with Gasteiger partial charge in [-0.1, -0.05) is 59.6 Å². The minimum atomic E-state index is -0.812. The van der Waals surface area contributed by atoms with Gasteiger partial charge in [0.05, 0.1) is 76.2 Å². The summed E-state index contributed by atoms with van der Waals surface area (Å²) in [5.74, 6) is 8.26. The molecule has 0 radical (unpaired) electrons. The van der Waals surface area contributed by atoms with Gasteiger partial charge in [-0.05, 0) is 161 Å². The summed E-state index contributed by atoms with van der Waals surface area (Å²) in [7, 11) is 3.80. The lowest BCUT2D eigenvalue weighted by atomic mass is 9.87. The Labute approximate surface area is 815 Å².